The smallest absolute Gasteiger partial charge is 0.478 e. The third-order valence-corrected chi connectivity index (χ3v) is 7.91. The summed E-state index contributed by atoms with van der Waals surface area (Å²) in [4.78, 5) is 15.0. The van der Waals surface area contributed by atoms with Gasteiger partial charge in [-0.25, -0.2) is 22.5 Å². The topological polar surface area (TPSA) is 96.8 Å². The molecule has 3 aromatic carbocycles. The first kappa shape index (κ1) is 30.6. The molecule has 0 aliphatic heterocycles. The number of anilines is 1. The number of carbonyl (C=O) groups is 1. The molecule has 0 spiro atoms. The van der Waals surface area contributed by atoms with Crippen LogP contribution in [-0.2, 0) is 22.7 Å². The Morgan fingerprint density at radius 2 is 1.48 bits per heavy atom. The number of benzene rings is 3. The summed E-state index contributed by atoms with van der Waals surface area (Å²) in [6.07, 6.45) is -10.1. The normalized spacial score (nSPS) is 12.5. The maximum absolute atomic E-state index is 14.7. The van der Waals surface area contributed by atoms with Crippen molar-refractivity contribution in [2.24, 2.45) is 0 Å². The van der Waals surface area contributed by atoms with Crippen LogP contribution in [0.1, 0.15) is 46.9 Å². The van der Waals surface area contributed by atoms with Crippen molar-refractivity contribution in [2.75, 3.05) is 4.31 Å². The Morgan fingerprint density at radius 3 is 1.98 bits per heavy atom. The summed E-state index contributed by atoms with van der Waals surface area (Å²) in [6.45, 7) is 2.59. The van der Waals surface area contributed by atoms with Crippen LogP contribution in [0.15, 0.2) is 77.7 Å². The molecule has 0 atom stereocenters. The van der Waals surface area contributed by atoms with E-state index in [4.69, 9.17) is 0 Å². The average Bonchev–Trinajstić information content (AvgIpc) is 2.90. The van der Waals surface area contributed by atoms with Crippen molar-refractivity contribution < 1.29 is 49.4 Å². The molecule has 0 saturated carbocycles. The van der Waals surface area contributed by atoms with Gasteiger partial charge in [0, 0.05) is 5.39 Å². The Hall–Kier alpha value is -4.33. The van der Waals surface area contributed by atoms with Gasteiger partial charge in [-0.1, -0.05) is 50.2 Å². The van der Waals surface area contributed by atoms with Crippen LogP contribution in [0.2, 0.25) is 0 Å². The lowest BCUT2D eigenvalue weighted by Crippen LogP contribution is -2.34. The largest absolute Gasteiger partial charge is 0.573 e. The molecule has 0 saturated heterocycles. The molecule has 1 heterocycles. The van der Waals surface area contributed by atoms with Crippen LogP contribution >= 0.6 is 0 Å². The highest BCUT2D eigenvalue weighted by molar-refractivity contribution is 7.92. The van der Waals surface area contributed by atoms with Crippen molar-refractivity contribution in [3.8, 4) is 5.75 Å². The number of alkyl halides is 6. The second-order valence-electron chi connectivity index (χ2n) is 9.43. The molecule has 7 nitrogen and oxygen atoms in total. The van der Waals surface area contributed by atoms with Crippen molar-refractivity contribution >= 4 is 32.6 Å². The third-order valence-electron chi connectivity index (χ3n) is 6.16. The summed E-state index contributed by atoms with van der Waals surface area (Å²) in [6, 6.07) is 13.3. The van der Waals surface area contributed by atoms with E-state index in [1.807, 2.05) is 0 Å². The zero-order chi connectivity index (χ0) is 31.0. The van der Waals surface area contributed by atoms with Crippen LogP contribution in [0.4, 0.5) is 32.2 Å². The van der Waals surface area contributed by atoms with E-state index >= 15 is 0 Å². The van der Waals surface area contributed by atoms with Crippen LogP contribution in [0, 0.1) is 0 Å². The fraction of sp³-hybridized carbons (Fsp3) is 0.214. The SMILES string of the molecule is CC(C)c1nc(N(Cc2ccc(OC(F)(F)F)cc2)S(=O)(=O)c2ccc(C(=O)O)cc2)c(C(F)(F)F)c2ccccc12. The van der Waals surface area contributed by atoms with Gasteiger partial charge >= 0.3 is 18.5 Å². The van der Waals surface area contributed by atoms with Crippen LogP contribution in [0.25, 0.3) is 10.8 Å². The average molecular weight is 613 g/mol. The summed E-state index contributed by atoms with van der Waals surface area (Å²) >= 11 is 0. The van der Waals surface area contributed by atoms with E-state index in [2.05, 4.69) is 9.72 Å². The van der Waals surface area contributed by atoms with Crippen molar-refractivity contribution in [2.45, 2.75) is 43.7 Å². The minimum Gasteiger partial charge on any atom is -0.478 e. The summed E-state index contributed by atoms with van der Waals surface area (Å²) in [5.41, 5.74) is -1.39. The van der Waals surface area contributed by atoms with Crippen LogP contribution in [-0.4, -0.2) is 30.8 Å². The molecule has 0 bridgehead atoms. The molecule has 0 aliphatic carbocycles. The molecule has 0 radical (unpaired) electrons. The minimum absolute atomic E-state index is 0.0180. The predicted molar refractivity (Wildman–Crippen MR) is 141 cm³/mol. The predicted octanol–water partition coefficient (Wildman–Crippen LogP) is 7.37. The van der Waals surface area contributed by atoms with Gasteiger partial charge in [-0.05, 0) is 53.3 Å². The van der Waals surface area contributed by atoms with E-state index in [0.29, 0.717) is 4.31 Å². The molecule has 4 rings (SSSR count). The highest BCUT2D eigenvalue weighted by Crippen LogP contribution is 2.44. The maximum atomic E-state index is 14.7. The molecule has 1 N–H and O–H groups in total. The summed E-state index contributed by atoms with van der Waals surface area (Å²) in [7, 11) is -4.86. The van der Waals surface area contributed by atoms with Gasteiger partial charge in [-0.3, -0.25) is 0 Å². The quantitative estimate of drug-likeness (QED) is 0.209. The lowest BCUT2D eigenvalue weighted by atomic mass is 9.98. The Kier molecular flexibility index (Phi) is 8.13. The lowest BCUT2D eigenvalue weighted by molar-refractivity contribution is -0.274. The van der Waals surface area contributed by atoms with Crippen molar-refractivity contribution in [1.82, 2.24) is 4.98 Å². The first-order valence-electron chi connectivity index (χ1n) is 12.2. The molecule has 0 aliphatic rings. The van der Waals surface area contributed by atoms with Gasteiger partial charge in [0.1, 0.15) is 11.3 Å². The minimum atomic E-state index is -5.08. The van der Waals surface area contributed by atoms with Crippen molar-refractivity contribution in [3.63, 3.8) is 0 Å². The fourth-order valence-electron chi connectivity index (χ4n) is 4.31. The van der Waals surface area contributed by atoms with Gasteiger partial charge in [0.05, 0.1) is 22.7 Å². The second-order valence-corrected chi connectivity index (χ2v) is 11.3. The number of ether oxygens (including phenoxy) is 1. The van der Waals surface area contributed by atoms with E-state index in [9.17, 15) is 44.7 Å². The number of fused-ring (bicyclic) bond motifs is 1. The number of hydrogen-bond acceptors (Lipinski definition) is 5. The number of carboxylic acid groups (broad SMARTS) is 1. The number of halogens is 6. The van der Waals surface area contributed by atoms with Crippen LogP contribution < -0.4 is 9.04 Å². The number of carboxylic acids is 1. The highest BCUT2D eigenvalue weighted by Gasteiger charge is 2.42. The van der Waals surface area contributed by atoms with Crippen molar-refractivity contribution in [3.05, 3.63) is 95.2 Å². The number of aromatic carboxylic acids is 1. The number of pyridine rings is 1. The monoisotopic (exact) mass is 612 g/mol. The molecule has 222 valence electrons. The van der Waals surface area contributed by atoms with Gasteiger partial charge in [0.25, 0.3) is 10.0 Å². The maximum Gasteiger partial charge on any atom is 0.573 e. The molecule has 0 fully saturated rings. The summed E-state index contributed by atoms with van der Waals surface area (Å²) in [5, 5.41) is 9.06. The summed E-state index contributed by atoms with van der Waals surface area (Å²) in [5.74, 6) is -3.35. The second kappa shape index (κ2) is 11.2. The van der Waals surface area contributed by atoms with E-state index in [1.54, 1.807) is 13.8 Å². The Balaban J connectivity index is 1.98. The Bertz CT molecular complexity index is 1720. The Labute approximate surface area is 236 Å². The number of nitrogens with zero attached hydrogens (tertiary/aromatic N) is 2. The zero-order valence-electron chi connectivity index (χ0n) is 21.9. The van der Waals surface area contributed by atoms with E-state index in [1.165, 1.54) is 24.3 Å². The molecule has 4 aromatic rings. The van der Waals surface area contributed by atoms with Gasteiger partial charge in [0.2, 0.25) is 0 Å². The van der Waals surface area contributed by atoms with Gasteiger partial charge < -0.3 is 9.84 Å². The number of aromatic nitrogens is 1. The molecule has 0 amide bonds. The van der Waals surface area contributed by atoms with Gasteiger partial charge in [0.15, 0.2) is 5.82 Å². The molecular weight excluding hydrogens is 590 g/mol. The number of hydrogen-bond donors (Lipinski definition) is 1. The first-order valence-corrected chi connectivity index (χ1v) is 13.6. The first-order chi connectivity index (χ1) is 19.5. The van der Waals surface area contributed by atoms with Crippen LogP contribution in [0.3, 0.4) is 0 Å². The molecule has 42 heavy (non-hydrogen) atoms. The molecule has 14 heteroatoms. The van der Waals surface area contributed by atoms with Gasteiger partial charge in [-0.15, -0.1) is 13.2 Å². The Morgan fingerprint density at radius 1 is 0.905 bits per heavy atom. The van der Waals surface area contributed by atoms with E-state index in [-0.39, 0.29) is 27.6 Å². The van der Waals surface area contributed by atoms with Crippen molar-refractivity contribution in [1.29, 1.82) is 0 Å². The zero-order valence-corrected chi connectivity index (χ0v) is 22.7. The fourth-order valence-corrected chi connectivity index (χ4v) is 5.72. The standard InChI is InChI=1S/C28H22F6N2O5S/c1-16(2)24-22-6-4-3-5-21(22)23(27(29,30)31)25(35-24)36(15-17-7-11-19(12-8-17)41-28(32,33)34)42(39,40)20-13-9-18(10-14-20)26(37)38/h3-14,16H,15H2,1-2H3,(H,37,38). The lowest BCUT2D eigenvalue weighted by Gasteiger charge is -2.28. The number of rotatable bonds is 8. The summed E-state index contributed by atoms with van der Waals surface area (Å²) < 4.78 is 114. The molecule has 0 unspecified atom stereocenters. The van der Waals surface area contributed by atoms with E-state index in [0.717, 1.165) is 48.5 Å². The van der Waals surface area contributed by atoms with Crippen LogP contribution in [0.5, 0.6) is 5.75 Å². The van der Waals surface area contributed by atoms with Gasteiger partial charge in [-0.2, -0.15) is 13.2 Å². The molecule has 1 aromatic heterocycles. The third kappa shape index (κ3) is 6.43. The highest BCUT2D eigenvalue weighted by atomic mass is 32.2. The number of sulfonamides is 1. The van der Waals surface area contributed by atoms with E-state index < -0.39 is 63.0 Å². The molecular formula is C28H22F6N2O5S.